The van der Waals surface area contributed by atoms with E-state index in [1.807, 2.05) is 6.20 Å². The van der Waals surface area contributed by atoms with Crippen LogP contribution in [0.2, 0.25) is 0 Å². The minimum atomic E-state index is 0.00828. The highest BCUT2D eigenvalue weighted by Crippen LogP contribution is 2.23. The summed E-state index contributed by atoms with van der Waals surface area (Å²) in [5.41, 5.74) is 3.61. The zero-order chi connectivity index (χ0) is 16.0. The van der Waals surface area contributed by atoms with E-state index in [-0.39, 0.29) is 5.41 Å². The largest absolute Gasteiger partial charge is 0.297 e. The number of thiazole rings is 1. The van der Waals surface area contributed by atoms with Crippen LogP contribution in [0.15, 0.2) is 24.0 Å². The fourth-order valence-corrected chi connectivity index (χ4v) is 3.67. The van der Waals surface area contributed by atoms with E-state index in [0.717, 1.165) is 42.5 Å². The predicted octanol–water partition coefficient (Wildman–Crippen LogP) is 3.04. The van der Waals surface area contributed by atoms with Crippen LogP contribution in [0.5, 0.6) is 0 Å². The van der Waals surface area contributed by atoms with Gasteiger partial charge >= 0.3 is 0 Å². The Morgan fingerprint density at radius 1 is 1.26 bits per heavy atom. The molecule has 1 aliphatic heterocycles. The quantitative estimate of drug-likeness (QED) is 0.726. The Hall–Kier alpha value is -1.79. The summed E-state index contributed by atoms with van der Waals surface area (Å²) in [4.78, 5) is 17.5. The second-order valence-electron chi connectivity index (χ2n) is 7.20. The molecule has 5 nitrogen and oxygen atoms in total. The van der Waals surface area contributed by atoms with Crippen LogP contribution in [0.1, 0.15) is 43.5 Å². The fraction of sp³-hybridized carbons (Fsp3) is 0.471. The Labute approximate surface area is 140 Å². The monoisotopic (exact) mass is 327 g/mol. The number of hydrogen-bond donors (Lipinski definition) is 0. The number of fused-ring (bicyclic) bond motifs is 2. The van der Waals surface area contributed by atoms with Gasteiger partial charge in [-0.1, -0.05) is 20.8 Å². The lowest BCUT2D eigenvalue weighted by Crippen LogP contribution is -2.32. The molecular formula is C17H21N5S. The summed E-state index contributed by atoms with van der Waals surface area (Å²) in [5.74, 6) is 0.944. The second-order valence-corrected chi connectivity index (χ2v) is 8.07. The highest BCUT2D eigenvalue weighted by Gasteiger charge is 2.23. The summed E-state index contributed by atoms with van der Waals surface area (Å²) in [6, 6.07) is 0. The van der Waals surface area contributed by atoms with Crippen molar-refractivity contribution >= 4 is 16.3 Å². The first-order valence-electron chi connectivity index (χ1n) is 7.98. The van der Waals surface area contributed by atoms with Gasteiger partial charge < -0.3 is 0 Å². The normalized spacial score (nSPS) is 16.0. The van der Waals surface area contributed by atoms with Crippen LogP contribution >= 0.6 is 11.3 Å². The van der Waals surface area contributed by atoms with Gasteiger partial charge in [0.25, 0.3) is 0 Å². The number of rotatable bonds is 2. The lowest BCUT2D eigenvalue weighted by atomic mass is 9.95. The predicted molar refractivity (Wildman–Crippen MR) is 91.6 cm³/mol. The molecule has 0 spiro atoms. The van der Waals surface area contributed by atoms with Gasteiger partial charge in [-0.3, -0.25) is 9.30 Å². The molecule has 3 aromatic rings. The van der Waals surface area contributed by atoms with Gasteiger partial charge in [-0.15, -0.1) is 11.3 Å². The van der Waals surface area contributed by atoms with E-state index in [0.29, 0.717) is 0 Å². The lowest BCUT2D eigenvalue weighted by molar-refractivity contribution is 0.239. The Morgan fingerprint density at radius 2 is 2.13 bits per heavy atom. The maximum absolute atomic E-state index is 4.80. The molecule has 0 atom stereocenters. The van der Waals surface area contributed by atoms with Gasteiger partial charge in [0.05, 0.1) is 5.69 Å². The first kappa shape index (κ1) is 14.8. The molecule has 3 aromatic heterocycles. The maximum Gasteiger partial charge on any atom is 0.193 e. The van der Waals surface area contributed by atoms with E-state index in [2.05, 4.69) is 57.8 Å². The molecule has 0 radical (unpaired) electrons. The number of hydrogen-bond acceptors (Lipinski definition) is 5. The van der Waals surface area contributed by atoms with Crippen LogP contribution in [0, 0.1) is 0 Å². The standard InChI is InChI=1S/C17H21N5S/c1-17(2,3)15-18-8-12-9-21(5-4-14(12)20-15)10-13-11-22-6-7-23-16(22)19-13/h6-8,11H,4-5,9-10H2,1-3H3. The van der Waals surface area contributed by atoms with E-state index < -0.39 is 0 Å². The van der Waals surface area contributed by atoms with Gasteiger partial charge in [0, 0.05) is 66.7 Å². The van der Waals surface area contributed by atoms with E-state index >= 15 is 0 Å². The van der Waals surface area contributed by atoms with E-state index in [1.54, 1.807) is 11.3 Å². The van der Waals surface area contributed by atoms with E-state index in [9.17, 15) is 0 Å². The van der Waals surface area contributed by atoms with Crippen LogP contribution in [-0.2, 0) is 24.9 Å². The Kier molecular flexibility index (Phi) is 3.46. The molecule has 0 aliphatic carbocycles. The van der Waals surface area contributed by atoms with Gasteiger partial charge in [0.2, 0.25) is 0 Å². The third-order valence-electron chi connectivity index (χ3n) is 4.21. The Bertz CT molecular complexity index is 814. The summed E-state index contributed by atoms with van der Waals surface area (Å²) >= 11 is 1.68. The van der Waals surface area contributed by atoms with Gasteiger partial charge in [-0.2, -0.15) is 0 Å². The lowest BCUT2D eigenvalue weighted by Gasteiger charge is -2.28. The highest BCUT2D eigenvalue weighted by atomic mass is 32.1. The molecule has 23 heavy (non-hydrogen) atoms. The first-order chi connectivity index (χ1) is 11.0. The molecule has 120 valence electrons. The first-order valence-corrected chi connectivity index (χ1v) is 8.86. The van der Waals surface area contributed by atoms with Crippen molar-refractivity contribution < 1.29 is 0 Å². The summed E-state index contributed by atoms with van der Waals surface area (Å²) in [6.07, 6.45) is 7.19. The van der Waals surface area contributed by atoms with Gasteiger partial charge in [-0.25, -0.2) is 15.0 Å². The number of nitrogens with zero attached hydrogens (tertiary/aromatic N) is 5. The average molecular weight is 327 g/mol. The Morgan fingerprint density at radius 3 is 2.91 bits per heavy atom. The third kappa shape index (κ3) is 2.88. The van der Waals surface area contributed by atoms with E-state index in [1.165, 1.54) is 11.3 Å². The molecule has 0 fully saturated rings. The minimum Gasteiger partial charge on any atom is -0.297 e. The summed E-state index contributed by atoms with van der Waals surface area (Å²) in [5, 5.41) is 2.06. The smallest absolute Gasteiger partial charge is 0.193 e. The zero-order valence-electron chi connectivity index (χ0n) is 13.8. The van der Waals surface area contributed by atoms with Gasteiger partial charge in [0.1, 0.15) is 5.82 Å². The molecule has 4 rings (SSSR count). The molecule has 0 aromatic carbocycles. The third-order valence-corrected chi connectivity index (χ3v) is 4.98. The van der Waals surface area contributed by atoms with Crippen LogP contribution in [0.4, 0.5) is 0 Å². The van der Waals surface area contributed by atoms with Crippen molar-refractivity contribution in [2.24, 2.45) is 0 Å². The summed E-state index contributed by atoms with van der Waals surface area (Å²) in [7, 11) is 0. The molecule has 0 saturated carbocycles. The number of imidazole rings is 1. The van der Waals surface area contributed by atoms with Crippen molar-refractivity contribution in [3.8, 4) is 0 Å². The van der Waals surface area contributed by atoms with Crippen LogP contribution < -0.4 is 0 Å². The van der Waals surface area contributed by atoms with Crippen LogP contribution in [-0.4, -0.2) is 30.8 Å². The molecule has 0 saturated heterocycles. The van der Waals surface area contributed by atoms with Crippen molar-refractivity contribution in [2.75, 3.05) is 6.54 Å². The molecule has 4 heterocycles. The fourth-order valence-electron chi connectivity index (χ4n) is 2.95. The van der Waals surface area contributed by atoms with Crippen molar-refractivity contribution in [1.29, 1.82) is 0 Å². The van der Waals surface area contributed by atoms with Gasteiger partial charge in [-0.05, 0) is 0 Å². The molecule has 1 aliphatic rings. The van der Waals surface area contributed by atoms with Crippen molar-refractivity contribution in [1.82, 2.24) is 24.3 Å². The van der Waals surface area contributed by atoms with Gasteiger partial charge in [0.15, 0.2) is 4.96 Å². The SMILES string of the molecule is CC(C)(C)c1ncc2c(n1)CCN(Cc1cn3ccsc3n1)C2. The summed E-state index contributed by atoms with van der Waals surface area (Å²) < 4.78 is 2.09. The van der Waals surface area contributed by atoms with Crippen LogP contribution in [0.3, 0.4) is 0 Å². The molecule has 0 N–H and O–H groups in total. The Balaban J connectivity index is 1.51. The zero-order valence-corrected chi connectivity index (χ0v) is 14.6. The van der Waals surface area contributed by atoms with Crippen molar-refractivity contribution in [3.05, 3.63) is 46.7 Å². The van der Waals surface area contributed by atoms with E-state index in [4.69, 9.17) is 4.98 Å². The summed E-state index contributed by atoms with van der Waals surface area (Å²) in [6.45, 7) is 9.30. The molecular weight excluding hydrogens is 306 g/mol. The average Bonchev–Trinajstić information content (AvgIpc) is 3.07. The van der Waals surface area contributed by atoms with Crippen molar-refractivity contribution in [2.45, 2.75) is 45.7 Å². The van der Waals surface area contributed by atoms with Crippen molar-refractivity contribution in [3.63, 3.8) is 0 Å². The van der Waals surface area contributed by atoms with Crippen LogP contribution in [0.25, 0.3) is 4.96 Å². The molecule has 6 heteroatoms. The second kappa shape index (κ2) is 5.39. The molecule has 0 bridgehead atoms. The molecule has 0 amide bonds. The maximum atomic E-state index is 4.80. The topological polar surface area (TPSA) is 46.3 Å². The molecule has 0 unspecified atom stereocenters. The minimum absolute atomic E-state index is 0.00828. The highest BCUT2D eigenvalue weighted by molar-refractivity contribution is 7.15. The number of aromatic nitrogens is 4.